The van der Waals surface area contributed by atoms with Crippen molar-refractivity contribution in [3.63, 3.8) is 0 Å². The van der Waals surface area contributed by atoms with Gasteiger partial charge in [-0.2, -0.15) is 4.99 Å². The summed E-state index contributed by atoms with van der Waals surface area (Å²) in [4.78, 5) is 11.0. The van der Waals surface area contributed by atoms with E-state index >= 15 is 0 Å². The predicted molar refractivity (Wildman–Crippen MR) is 104 cm³/mol. The highest BCUT2D eigenvalue weighted by Crippen LogP contribution is 2.26. The highest BCUT2D eigenvalue weighted by atomic mass is 19.1. The van der Waals surface area contributed by atoms with Crippen molar-refractivity contribution in [3.8, 4) is 5.75 Å². The normalized spacial score (nSPS) is 11.4. The van der Waals surface area contributed by atoms with Crippen LogP contribution in [0.25, 0.3) is 10.9 Å². The Labute approximate surface area is 149 Å². The monoisotopic (exact) mass is 351 g/mol. The van der Waals surface area contributed by atoms with Crippen LogP contribution < -0.4 is 10.6 Å². The number of nitrogens with one attached hydrogen (secondary N) is 3. The number of nitrogens with zero attached hydrogens (tertiary/aromatic N) is 2. The SMILES string of the molecule is C=N/C(=N\C(=C)Nc1ccc2[nH]c(C)cc2c1F)Nc1cccc(O)c1. The maximum atomic E-state index is 14.6. The number of phenols is 1. The number of phenolic OH excluding ortho intramolecular Hbond substituents is 1. The number of aliphatic imine (C=N–C) groups is 2. The number of hydrogen-bond acceptors (Lipinski definition) is 3. The van der Waals surface area contributed by atoms with Gasteiger partial charge in [-0.1, -0.05) is 12.6 Å². The van der Waals surface area contributed by atoms with E-state index in [9.17, 15) is 9.50 Å². The van der Waals surface area contributed by atoms with E-state index in [-0.39, 0.29) is 23.2 Å². The predicted octanol–water partition coefficient (Wildman–Crippen LogP) is 4.37. The van der Waals surface area contributed by atoms with Gasteiger partial charge in [-0.15, -0.1) is 0 Å². The van der Waals surface area contributed by atoms with Crippen LogP contribution in [-0.2, 0) is 0 Å². The zero-order valence-corrected chi connectivity index (χ0v) is 14.2. The molecule has 3 rings (SSSR count). The summed E-state index contributed by atoms with van der Waals surface area (Å²) in [5.41, 5.74) is 2.44. The molecule has 4 N–H and O–H groups in total. The minimum Gasteiger partial charge on any atom is -0.508 e. The number of anilines is 2. The average molecular weight is 351 g/mol. The Morgan fingerprint density at radius 3 is 2.73 bits per heavy atom. The van der Waals surface area contributed by atoms with Gasteiger partial charge in [-0.05, 0) is 44.0 Å². The fourth-order valence-corrected chi connectivity index (χ4v) is 2.53. The van der Waals surface area contributed by atoms with Crippen LogP contribution in [0.1, 0.15) is 5.69 Å². The van der Waals surface area contributed by atoms with Crippen LogP contribution in [0.4, 0.5) is 15.8 Å². The van der Waals surface area contributed by atoms with Crippen molar-refractivity contribution in [3.05, 3.63) is 66.4 Å². The van der Waals surface area contributed by atoms with E-state index in [1.54, 1.807) is 36.4 Å². The van der Waals surface area contributed by atoms with Crippen LogP contribution in [0.3, 0.4) is 0 Å². The van der Waals surface area contributed by atoms with Crippen LogP contribution in [0.2, 0.25) is 0 Å². The quantitative estimate of drug-likeness (QED) is 0.416. The highest BCUT2D eigenvalue weighted by Gasteiger charge is 2.10. The van der Waals surface area contributed by atoms with Crippen molar-refractivity contribution < 1.29 is 9.50 Å². The topological polar surface area (TPSA) is 84.8 Å². The minimum atomic E-state index is -0.391. The van der Waals surface area contributed by atoms with Gasteiger partial charge in [-0.25, -0.2) is 9.38 Å². The third-order valence-corrected chi connectivity index (χ3v) is 3.64. The van der Waals surface area contributed by atoms with Crippen LogP contribution in [-0.4, -0.2) is 22.8 Å². The first-order chi connectivity index (χ1) is 12.5. The number of aromatic amines is 1. The molecule has 132 valence electrons. The van der Waals surface area contributed by atoms with Gasteiger partial charge >= 0.3 is 0 Å². The fraction of sp³-hybridized carbons (Fsp3) is 0.0526. The molecule has 1 aromatic heterocycles. The molecule has 26 heavy (non-hydrogen) atoms. The van der Waals surface area contributed by atoms with Gasteiger partial charge in [-0.3, -0.25) is 0 Å². The first-order valence-corrected chi connectivity index (χ1v) is 7.81. The van der Waals surface area contributed by atoms with E-state index in [0.717, 1.165) is 11.2 Å². The summed E-state index contributed by atoms with van der Waals surface area (Å²) in [6.07, 6.45) is 0. The van der Waals surface area contributed by atoms with Gasteiger partial charge in [0.15, 0.2) is 5.82 Å². The fourth-order valence-electron chi connectivity index (χ4n) is 2.53. The highest BCUT2D eigenvalue weighted by molar-refractivity contribution is 5.97. The second-order valence-corrected chi connectivity index (χ2v) is 5.68. The molecule has 0 saturated heterocycles. The number of H-pyrrole nitrogens is 1. The van der Waals surface area contributed by atoms with Crippen LogP contribution in [0.5, 0.6) is 5.75 Å². The number of aryl methyl sites for hydroxylation is 1. The summed E-state index contributed by atoms with van der Waals surface area (Å²) >= 11 is 0. The molecule has 2 aromatic carbocycles. The molecule has 0 saturated carbocycles. The van der Waals surface area contributed by atoms with Crippen molar-refractivity contribution in [2.24, 2.45) is 9.98 Å². The average Bonchev–Trinajstić information content (AvgIpc) is 2.98. The lowest BCUT2D eigenvalue weighted by Gasteiger charge is -2.10. The number of hydrogen-bond donors (Lipinski definition) is 4. The number of aromatic nitrogens is 1. The number of guanidine groups is 1. The summed E-state index contributed by atoms with van der Waals surface area (Å²) in [6.45, 7) is 9.09. The molecule has 7 heteroatoms. The molecule has 0 unspecified atom stereocenters. The van der Waals surface area contributed by atoms with Gasteiger partial charge in [0.25, 0.3) is 0 Å². The summed E-state index contributed by atoms with van der Waals surface area (Å²) in [6, 6.07) is 11.6. The largest absolute Gasteiger partial charge is 0.508 e. The maximum Gasteiger partial charge on any atom is 0.228 e. The molecule has 0 spiro atoms. The molecule has 0 bridgehead atoms. The standard InChI is InChI=1S/C19H18FN5O/c1-11-9-15-16(22-11)7-8-17(18(15)20)23-12(2)24-19(21-3)25-13-5-4-6-14(26)10-13/h4-10,22-23,26H,2-3H2,1H3,(H,24,25). The number of benzene rings is 2. The van der Waals surface area contributed by atoms with E-state index in [1.807, 2.05) is 6.92 Å². The second-order valence-electron chi connectivity index (χ2n) is 5.68. The third-order valence-electron chi connectivity index (χ3n) is 3.64. The van der Waals surface area contributed by atoms with Gasteiger partial charge in [0.2, 0.25) is 5.96 Å². The molecule has 0 aliphatic carbocycles. The molecule has 1 heterocycles. The Bertz CT molecular complexity index is 1020. The molecular weight excluding hydrogens is 333 g/mol. The van der Waals surface area contributed by atoms with E-state index in [1.165, 1.54) is 6.07 Å². The first kappa shape index (κ1) is 17.2. The van der Waals surface area contributed by atoms with Crippen molar-refractivity contribution in [1.82, 2.24) is 4.98 Å². The van der Waals surface area contributed by atoms with Gasteiger partial charge in [0, 0.05) is 28.4 Å². The molecule has 0 aliphatic rings. The zero-order chi connectivity index (χ0) is 18.7. The van der Waals surface area contributed by atoms with Crippen LogP contribution in [0, 0.1) is 12.7 Å². The summed E-state index contributed by atoms with van der Waals surface area (Å²) in [7, 11) is 0. The summed E-state index contributed by atoms with van der Waals surface area (Å²) < 4.78 is 14.6. The molecule has 0 atom stereocenters. The molecular formula is C19H18FN5O. The van der Waals surface area contributed by atoms with Crippen molar-refractivity contribution in [2.75, 3.05) is 10.6 Å². The smallest absolute Gasteiger partial charge is 0.228 e. The van der Waals surface area contributed by atoms with Crippen molar-refractivity contribution >= 4 is 35.0 Å². The molecule has 0 fully saturated rings. The number of fused-ring (bicyclic) bond motifs is 1. The molecule has 6 nitrogen and oxygen atoms in total. The van der Waals surface area contributed by atoms with E-state index < -0.39 is 5.82 Å². The zero-order valence-electron chi connectivity index (χ0n) is 14.2. The van der Waals surface area contributed by atoms with Gasteiger partial charge in [0.1, 0.15) is 11.6 Å². The Balaban J connectivity index is 1.79. The molecule has 0 radical (unpaired) electrons. The second kappa shape index (κ2) is 7.10. The van der Waals surface area contributed by atoms with Crippen LogP contribution >= 0.6 is 0 Å². The lowest BCUT2D eigenvalue weighted by Crippen LogP contribution is -2.11. The lowest BCUT2D eigenvalue weighted by molar-refractivity contribution is 0.475. The molecule has 3 aromatic rings. The number of halogens is 1. The number of rotatable bonds is 4. The number of aromatic hydroxyl groups is 1. The van der Waals surface area contributed by atoms with E-state index in [4.69, 9.17) is 0 Å². The van der Waals surface area contributed by atoms with E-state index in [0.29, 0.717) is 11.1 Å². The molecule has 0 aliphatic heterocycles. The van der Waals surface area contributed by atoms with Crippen LogP contribution in [0.15, 0.2) is 64.8 Å². The Hall–Kier alpha value is -3.61. The lowest BCUT2D eigenvalue weighted by atomic mass is 10.2. The Morgan fingerprint density at radius 2 is 2.00 bits per heavy atom. The van der Waals surface area contributed by atoms with E-state index in [2.05, 4.69) is 38.9 Å². The van der Waals surface area contributed by atoms with Crippen molar-refractivity contribution in [1.29, 1.82) is 0 Å². The van der Waals surface area contributed by atoms with Gasteiger partial charge in [0.05, 0.1) is 5.69 Å². The van der Waals surface area contributed by atoms with Crippen molar-refractivity contribution in [2.45, 2.75) is 6.92 Å². The van der Waals surface area contributed by atoms with Gasteiger partial charge < -0.3 is 20.7 Å². The minimum absolute atomic E-state index is 0.104. The summed E-state index contributed by atoms with van der Waals surface area (Å²) in [5.74, 6) is 0.0578. The Kier molecular flexibility index (Phi) is 4.70. The maximum absolute atomic E-state index is 14.6. The summed E-state index contributed by atoms with van der Waals surface area (Å²) in [5, 5.41) is 15.7. The third kappa shape index (κ3) is 3.72. The first-order valence-electron chi connectivity index (χ1n) is 7.81. The molecule has 0 amide bonds. The Morgan fingerprint density at radius 1 is 1.19 bits per heavy atom.